The third-order valence-corrected chi connectivity index (χ3v) is 4.62. The van der Waals surface area contributed by atoms with E-state index in [1.54, 1.807) is 0 Å². The predicted molar refractivity (Wildman–Crippen MR) is 99.9 cm³/mol. The first-order valence-corrected chi connectivity index (χ1v) is 9.10. The normalized spacial score (nSPS) is 12.9. The van der Waals surface area contributed by atoms with E-state index in [9.17, 15) is 35.9 Å². The van der Waals surface area contributed by atoms with E-state index in [4.69, 9.17) is 23.2 Å². The Morgan fingerprint density at radius 3 is 2.00 bits per heavy atom. The lowest BCUT2D eigenvalue weighted by molar-refractivity contribution is -0.143. The summed E-state index contributed by atoms with van der Waals surface area (Å²) in [6.07, 6.45) is -10.8. The van der Waals surface area contributed by atoms with Crippen LogP contribution in [-0.4, -0.2) is 25.0 Å². The van der Waals surface area contributed by atoms with Crippen LogP contribution >= 0.6 is 23.2 Å². The number of amides is 1. The molecule has 2 aromatic carbocycles. The molecule has 31 heavy (non-hydrogen) atoms. The van der Waals surface area contributed by atoms with Gasteiger partial charge in [0, 0.05) is 11.4 Å². The summed E-state index contributed by atoms with van der Waals surface area (Å²) in [5, 5.41) is 2.30. The van der Waals surface area contributed by atoms with Gasteiger partial charge in [-0.05, 0) is 42.0 Å². The Hall–Kier alpha value is -2.46. The number of rotatable bonds is 5. The standard InChI is InChI=1S/C19H13Cl2F6NO3/c1-31-17(30)15(28-16(29)13-8-12(20)2-3-14(13)21)6-9-4-10(18(22,23)24)7-11(5-9)19(25,26)27/h2-5,7-8,15H,6H2,1H3,(H,28,29)/t15-/m0/s1. The van der Waals surface area contributed by atoms with Crippen molar-refractivity contribution in [3.63, 3.8) is 0 Å². The fourth-order valence-corrected chi connectivity index (χ4v) is 2.99. The Balaban J connectivity index is 2.41. The van der Waals surface area contributed by atoms with E-state index in [2.05, 4.69) is 10.1 Å². The van der Waals surface area contributed by atoms with Crippen LogP contribution in [0, 0.1) is 0 Å². The van der Waals surface area contributed by atoms with Crippen molar-refractivity contribution in [3.05, 3.63) is 68.7 Å². The number of ether oxygens (including phenoxy) is 1. The molecule has 0 aliphatic heterocycles. The quantitative estimate of drug-likeness (QED) is 0.444. The highest BCUT2D eigenvalue weighted by molar-refractivity contribution is 6.35. The molecule has 0 heterocycles. The lowest BCUT2D eigenvalue weighted by Gasteiger charge is -2.19. The molecule has 0 saturated heterocycles. The molecule has 12 heteroatoms. The van der Waals surface area contributed by atoms with E-state index >= 15 is 0 Å². The summed E-state index contributed by atoms with van der Waals surface area (Å²) in [5.74, 6) is -2.01. The van der Waals surface area contributed by atoms with Gasteiger partial charge in [0.2, 0.25) is 0 Å². The van der Waals surface area contributed by atoms with Gasteiger partial charge in [-0.3, -0.25) is 4.79 Å². The maximum atomic E-state index is 13.1. The van der Waals surface area contributed by atoms with E-state index in [0.717, 1.165) is 7.11 Å². The van der Waals surface area contributed by atoms with Crippen molar-refractivity contribution in [2.75, 3.05) is 7.11 Å². The molecule has 4 nitrogen and oxygen atoms in total. The van der Waals surface area contributed by atoms with Crippen molar-refractivity contribution >= 4 is 35.1 Å². The SMILES string of the molecule is COC(=O)[C@H](Cc1cc(C(F)(F)F)cc(C(F)(F)F)c1)NC(=O)c1cc(Cl)ccc1Cl. The molecular formula is C19H13Cl2F6NO3. The van der Waals surface area contributed by atoms with E-state index in [1.165, 1.54) is 18.2 Å². The molecule has 0 saturated carbocycles. The molecule has 1 amide bonds. The third-order valence-electron chi connectivity index (χ3n) is 4.05. The van der Waals surface area contributed by atoms with E-state index < -0.39 is 53.4 Å². The zero-order valence-electron chi connectivity index (χ0n) is 15.5. The van der Waals surface area contributed by atoms with Crippen molar-refractivity contribution in [3.8, 4) is 0 Å². The molecule has 2 rings (SSSR count). The zero-order chi connectivity index (χ0) is 23.6. The van der Waals surface area contributed by atoms with Crippen molar-refractivity contribution in [2.45, 2.75) is 24.8 Å². The molecule has 2 aromatic rings. The summed E-state index contributed by atoms with van der Waals surface area (Å²) in [5.41, 5.74) is -3.74. The Bertz CT molecular complexity index is 959. The summed E-state index contributed by atoms with van der Waals surface area (Å²) in [7, 11) is 0.946. The molecule has 1 N–H and O–H groups in total. The first kappa shape index (κ1) is 24.8. The fraction of sp³-hybridized carbons (Fsp3) is 0.263. The molecule has 0 fully saturated rings. The number of nitrogens with one attached hydrogen (secondary N) is 1. The molecule has 0 radical (unpaired) electrons. The van der Waals surface area contributed by atoms with Crippen molar-refractivity contribution in [1.82, 2.24) is 5.32 Å². The van der Waals surface area contributed by atoms with Crippen LogP contribution < -0.4 is 5.32 Å². The molecule has 0 unspecified atom stereocenters. The smallest absolute Gasteiger partial charge is 0.416 e. The number of hydrogen-bond donors (Lipinski definition) is 1. The van der Waals surface area contributed by atoms with Gasteiger partial charge in [0.25, 0.3) is 5.91 Å². The van der Waals surface area contributed by atoms with Gasteiger partial charge < -0.3 is 10.1 Å². The molecule has 0 aliphatic rings. The Morgan fingerprint density at radius 1 is 0.968 bits per heavy atom. The van der Waals surface area contributed by atoms with Crippen molar-refractivity contribution < 1.29 is 40.7 Å². The van der Waals surface area contributed by atoms with Gasteiger partial charge in [-0.2, -0.15) is 26.3 Å². The first-order chi connectivity index (χ1) is 14.2. The topological polar surface area (TPSA) is 55.4 Å². The van der Waals surface area contributed by atoms with Gasteiger partial charge in [0.15, 0.2) is 0 Å². The molecule has 0 aliphatic carbocycles. The van der Waals surface area contributed by atoms with Crippen LogP contribution in [0.5, 0.6) is 0 Å². The molecule has 0 aromatic heterocycles. The van der Waals surface area contributed by atoms with Crippen LogP contribution in [0.3, 0.4) is 0 Å². The highest BCUT2D eigenvalue weighted by Crippen LogP contribution is 2.36. The lowest BCUT2D eigenvalue weighted by Crippen LogP contribution is -2.43. The Labute approximate surface area is 182 Å². The van der Waals surface area contributed by atoms with Crippen molar-refractivity contribution in [1.29, 1.82) is 0 Å². The average Bonchev–Trinajstić information content (AvgIpc) is 2.67. The van der Waals surface area contributed by atoms with Crippen LogP contribution in [0.1, 0.15) is 27.0 Å². The van der Waals surface area contributed by atoms with Gasteiger partial charge in [-0.15, -0.1) is 0 Å². The number of halogens is 8. The van der Waals surface area contributed by atoms with Crippen LogP contribution in [-0.2, 0) is 28.3 Å². The molecular weight excluding hydrogens is 475 g/mol. The Morgan fingerprint density at radius 2 is 1.52 bits per heavy atom. The van der Waals surface area contributed by atoms with E-state index in [1.807, 2.05) is 0 Å². The van der Waals surface area contributed by atoms with Crippen LogP contribution in [0.4, 0.5) is 26.3 Å². The predicted octanol–water partition coefficient (Wildman–Crippen LogP) is 5.55. The number of hydrogen-bond acceptors (Lipinski definition) is 3. The largest absolute Gasteiger partial charge is 0.467 e. The van der Waals surface area contributed by atoms with Gasteiger partial charge in [-0.25, -0.2) is 4.79 Å². The average molecular weight is 488 g/mol. The molecule has 0 bridgehead atoms. The second-order valence-electron chi connectivity index (χ2n) is 6.29. The van der Waals surface area contributed by atoms with Gasteiger partial charge in [0.1, 0.15) is 6.04 Å². The van der Waals surface area contributed by atoms with Gasteiger partial charge in [-0.1, -0.05) is 23.2 Å². The summed E-state index contributed by atoms with van der Waals surface area (Å²) in [6, 6.07) is 3.15. The minimum Gasteiger partial charge on any atom is -0.467 e. The summed E-state index contributed by atoms with van der Waals surface area (Å²) in [6.45, 7) is 0. The lowest BCUT2D eigenvalue weighted by atomic mass is 9.99. The second kappa shape index (κ2) is 9.35. The highest BCUT2D eigenvalue weighted by Gasteiger charge is 2.37. The number of alkyl halides is 6. The number of esters is 1. The Kier molecular flexibility index (Phi) is 7.48. The highest BCUT2D eigenvalue weighted by atomic mass is 35.5. The number of carbonyl (C=O) groups excluding carboxylic acids is 2. The zero-order valence-corrected chi connectivity index (χ0v) is 17.0. The molecule has 0 spiro atoms. The summed E-state index contributed by atoms with van der Waals surface area (Å²) >= 11 is 11.7. The fourth-order valence-electron chi connectivity index (χ4n) is 2.62. The van der Waals surface area contributed by atoms with Crippen molar-refractivity contribution in [2.24, 2.45) is 0 Å². The minimum absolute atomic E-state index is 0.0380. The summed E-state index contributed by atoms with van der Waals surface area (Å²) < 4.78 is 82.8. The third kappa shape index (κ3) is 6.51. The van der Waals surface area contributed by atoms with E-state index in [0.29, 0.717) is 12.1 Å². The number of carbonyl (C=O) groups is 2. The van der Waals surface area contributed by atoms with Gasteiger partial charge in [0.05, 0.1) is 28.8 Å². The van der Waals surface area contributed by atoms with Crippen LogP contribution in [0.25, 0.3) is 0 Å². The second-order valence-corrected chi connectivity index (χ2v) is 7.14. The van der Waals surface area contributed by atoms with Crippen LogP contribution in [0.2, 0.25) is 10.0 Å². The minimum atomic E-state index is -5.06. The van der Waals surface area contributed by atoms with Gasteiger partial charge >= 0.3 is 18.3 Å². The monoisotopic (exact) mass is 487 g/mol. The first-order valence-electron chi connectivity index (χ1n) is 8.34. The number of methoxy groups -OCH3 is 1. The summed E-state index contributed by atoms with van der Waals surface area (Å²) in [4.78, 5) is 24.5. The molecule has 1 atom stereocenters. The maximum absolute atomic E-state index is 13.1. The number of benzene rings is 2. The van der Waals surface area contributed by atoms with Crippen LogP contribution in [0.15, 0.2) is 36.4 Å². The molecule has 168 valence electrons. The van der Waals surface area contributed by atoms with E-state index in [-0.39, 0.29) is 21.7 Å². The maximum Gasteiger partial charge on any atom is 0.416 e.